The SMILES string of the molecule is CCCCCCC(O)CCCCCCCCCCC(=O)NCCN(CCNC(=O)CCCCCCCCCCC(O)CCCCCC)CCNC(=O)CCCCCCCCCCC(O)CCCCCC. The van der Waals surface area contributed by atoms with Crippen molar-refractivity contribution in [2.45, 2.75) is 328 Å². The smallest absolute Gasteiger partial charge is 0.220 e. The van der Waals surface area contributed by atoms with Gasteiger partial charge < -0.3 is 31.3 Å². The number of nitrogens with zero attached hydrogens (tertiary/aromatic N) is 1. The second-order valence-electron chi connectivity index (χ2n) is 21.5. The number of rotatable bonds is 57. The van der Waals surface area contributed by atoms with E-state index in [1.54, 1.807) is 0 Å². The number of nitrogens with one attached hydrogen (secondary N) is 3. The van der Waals surface area contributed by atoms with Gasteiger partial charge in [0.2, 0.25) is 17.7 Å². The third kappa shape index (κ3) is 52.6. The molecule has 0 saturated heterocycles. The first-order chi connectivity index (χ1) is 34.2. The molecule has 0 spiro atoms. The highest BCUT2D eigenvalue weighted by atomic mass is 16.3. The van der Waals surface area contributed by atoms with Gasteiger partial charge in [0.1, 0.15) is 0 Å². The van der Waals surface area contributed by atoms with Crippen molar-refractivity contribution in [2.75, 3.05) is 39.3 Å². The van der Waals surface area contributed by atoms with E-state index in [9.17, 15) is 29.7 Å². The van der Waals surface area contributed by atoms with Crippen molar-refractivity contribution in [3.8, 4) is 0 Å². The summed E-state index contributed by atoms with van der Waals surface area (Å²) in [6.07, 6.45) is 49.1. The molecule has 416 valence electrons. The van der Waals surface area contributed by atoms with E-state index in [1.807, 2.05) is 0 Å². The molecule has 0 aromatic carbocycles. The van der Waals surface area contributed by atoms with Gasteiger partial charge in [0.05, 0.1) is 18.3 Å². The van der Waals surface area contributed by atoms with E-state index < -0.39 is 0 Å². The molecule has 0 radical (unpaired) electrons. The van der Waals surface area contributed by atoms with Crippen molar-refractivity contribution < 1.29 is 29.7 Å². The lowest BCUT2D eigenvalue weighted by atomic mass is 10.0. The van der Waals surface area contributed by atoms with Gasteiger partial charge in [-0.2, -0.15) is 0 Å². The van der Waals surface area contributed by atoms with Gasteiger partial charge in [0.25, 0.3) is 0 Å². The second kappa shape index (κ2) is 55.0. The van der Waals surface area contributed by atoms with Gasteiger partial charge in [0, 0.05) is 58.5 Å². The highest BCUT2D eigenvalue weighted by molar-refractivity contribution is 5.76. The summed E-state index contributed by atoms with van der Waals surface area (Å²) < 4.78 is 0. The summed E-state index contributed by atoms with van der Waals surface area (Å²) in [6.45, 7) is 10.3. The van der Waals surface area contributed by atoms with Crippen LogP contribution in [0.25, 0.3) is 0 Å². The van der Waals surface area contributed by atoms with E-state index in [4.69, 9.17) is 0 Å². The minimum absolute atomic E-state index is 0.0986. The van der Waals surface area contributed by atoms with Gasteiger partial charge in [-0.15, -0.1) is 0 Å². The molecule has 0 saturated carbocycles. The monoisotopic (exact) mass is 993 g/mol. The zero-order chi connectivity index (χ0) is 51.2. The fourth-order valence-electron chi connectivity index (χ4n) is 9.69. The van der Waals surface area contributed by atoms with Crippen LogP contribution < -0.4 is 16.0 Å². The highest BCUT2D eigenvalue weighted by Gasteiger charge is 2.11. The summed E-state index contributed by atoms with van der Waals surface area (Å²) in [5.41, 5.74) is 0. The van der Waals surface area contributed by atoms with E-state index in [1.165, 1.54) is 135 Å². The largest absolute Gasteiger partial charge is 0.393 e. The Hall–Kier alpha value is -1.75. The summed E-state index contributed by atoms with van der Waals surface area (Å²) in [5, 5.41) is 39.9. The zero-order valence-electron chi connectivity index (χ0n) is 46.8. The van der Waals surface area contributed by atoms with Crippen molar-refractivity contribution in [3.05, 3.63) is 0 Å². The van der Waals surface area contributed by atoms with E-state index in [2.05, 4.69) is 41.6 Å². The highest BCUT2D eigenvalue weighted by Crippen LogP contribution is 2.17. The molecule has 3 amide bonds. The van der Waals surface area contributed by atoms with Crippen LogP contribution in [0.15, 0.2) is 0 Å². The zero-order valence-corrected chi connectivity index (χ0v) is 46.8. The molecular weight excluding hydrogens is 873 g/mol. The first kappa shape index (κ1) is 68.2. The van der Waals surface area contributed by atoms with Gasteiger partial charge in [-0.05, 0) is 57.8 Å². The van der Waals surface area contributed by atoms with Crippen LogP contribution in [0.3, 0.4) is 0 Å². The quantitative estimate of drug-likeness (QED) is 0.0332. The summed E-state index contributed by atoms with van der Waals surface area (Å²) in [4.78, 5) is 40.3. The molecule has 0 aliphatic rings. The minimum Gasteiger partial charge on any atom is -0.393 e. The predicted octanol–water partition coefficient (Wildman–Crippen LogP) is 14.3. The first-order valence-corrected chi connectivity index (χ1v) is 30.8. The molecule has 0 aliphatic carbocycles. The maximum atomic E-state index is 12.7. The Kier molecular flexibility index (Phi) is 53.6. The Morgan fingerprint density at radius 2 is 0.486 bits per heavy atom. The van der Waals surface area contributed by atoms with E-state index in [-0.39, 0.29) is 36.0 Å². The standard InChI is InChI=1S/C60H120N4O6/c1-4-7-10-31-40-55(65)43-34-25-19-13-16-22-28-37-46-58(68)61-49-52-64(53-50-62-59(69)47-38-29-23-17-14-20-26-35-44-56(66)41-32-11-8-5-2)54-51-63-60(70)48-39-30-24-18-15-21-27-36-45-57(67)42-33-12-9-6-3/h55-57,65-67H,4-54H2,1-3H3,(H,61,68)(H,62,69)(H,63,70). The molecule has 3 unspecified atom stereocenters. The summed E-state index contributed by atoms with van der Waals surface area (Å²) in [5.74, 6) is 0.296. The topological polar surface area (TPSA) is 151 Å². The fraction of sp³-hybridized carbons (Fsp3) is 0.950. The lowest BCUT2D eigenvalue weighted by molar-refractivity contribution is -0.121. The maximum Gasteiger partial charge on any atom is 0.220 e. The average Bonchev–Trinajstić information content (AvgIpc) is 3.34. The number of unbranched alkanes of at least 4 members (excludes halogenated alkanes) is 30. The van der Waals surface area contributed by atoms with Gasteiger partial charge in [0.15, 0.2) is 0 Å². The Morgan fingerprint density at radius 3 is 0.700 bits per heavy atom. The minimum atomic E-state index is -0.122. The van der Waals surface area contributed by atoms with Gasteiger partial charge in [-0.1, -0.05) is 233 Å². The number of aliphatic hydroxyl groups is 3. The molecule has 0 aliphatic heterocycles. The van der Waals surface area contributed by atoms with Crippen molar-refractivity contribution in [1.29, 1.82) is 0 Å². The van der Waals surface area contributed by atoms with Crippen LogP contribution in [-0.2, 0) is 14.4 Å². The number of carbonyl (C=O) groups excluding carboxylic acids is 3. The van der Waals surface area contributed by atoms with Gasteiger partial charge in [-0.3, -0.25) is 19.3 Å². The summed E-state index contributed by atoms with van der Waals surface area (Å²) >= 11 is 0. The molecule has 6 N–H and O–H groups in total. The Bertz CT molecular complexity index is 980. The Labute approximate surface area is 434 Å². The first-order valence-electron chi connectivity index (χ1n) is 30.8. The van der Waals surface area contributed by atoms with Crippen LogP contribution in [0.5, 0.6) is 0 Å². The second-order valence-corrected chi connectivity index (χ2v) is 21.5. The number of hydrogen-bond acceptors (Lipinski definition) is 7. The van der Waals surface area contributed by atoms with Crippen LogP contribution in [0.4, 0.5) is 0 Å². The molecule has 0 heterocycles. The summed E-state index contributed by atoms with van der Waals surface area (Å²) in [7, 11) is 0. The van der Waals surface area contributed by atoms with Crippen LogP contribution in [0.2, 0.25) is 0 Å². The van der Waals surface area contributed by atoms with Crippen LogP contribution >= 0.6 is 0 Å². The molecule has 70 heavy (non-hydrogen) atoms. The van der Waals surface area contributed by atoms with Crippen molar-refractivity contribution in [1.82, 2.24) is 20.9 Å². The molecular formula is C60H120N4O6. The lowest BCUT2D eigenvalue weighted by Crippen LogP contribution is -2.43. The molecule has 0 fully saturated rings. The molecule has 10 heteroatoms. The third-order valence-electron chi connectivity index (χ3n) is 14.5. The third-order valence-corrected chi connectivity index (χ3v) is 14.5. The van der Waals surface area contributed by atoms with E-state index >= 15 is 0 Å². The molecule has 0 aromatic rings. The number of aliphatic hydroxyl groups excluding tert-OH is 3. The fourth-order valence-corrected chi connectivity index (χ4v) is 9.69. The van der Waals surface area contributed by atoms with Crippen molar-refractivity contribution >= 4 is 17.7 Å². The van der Waals surface area contributed by atoms with Crippen molar-refractivity contribution in [2.24, 2.45) is 0 Å². The van der Waals surface area contributed by atoms with Crippen molar-refractivity contribution in [3.63, 3.8) is 0 Å². The predicted molar refractivity (Wildman–Crippen MR) is 298 cm³/mol. The maximum absolute atomic E-state index is 12.7. The van der Waals surface area contributed by atoms with Crippen LogP contribution in [-0.4, -0.2) is 95.5 Å². The Morgan fingerprint density at radius 1 is 0.300 bits per heavy atom. The Balaban J connectivity index is 4.37. The normalized spacial score (nSPS) is 12.9. The van der Waals surface area contributed by atoms with E-state index in [0.29, 0.717) is 58.5 Å². The summed E-state index contributed by atoms with van der Waals surface area (Å²) in [6, 6.07) is 0. The van der Waals surface area contributed by atoms with Gasteiger partial charge in [-0.25, -0.2) is 0 Å². The van der Waals surface area contributed by atoms with Gasteiger partial charge >= 0.3 is 0 Å². The lowest BCUT2D eigenvalue weighted by Gasteiger charge is -2.23. The molecule has 0 aromatic heterocycles. The number of amides is 3. The van der Waals surface area contributed by atoms with Crippen LogP contribution in [0.1, 0.15) is 310 Å². The molecule has 0 bridgehead atoms. The number of carbonyl (C=O) groups is 3. The average molecular weight is 994 g/mol. The molecule has 10 nitrogen and oxygen atoms in total. The van der Waals surface area contributed by atoms with E-state index in [0.717, 1.165) is 135 Å². The van der Waals surface area contributed by atoms with Crippen LogP contribution in [0, 0.1) is 0 Å². The molecule has 3 atom stereocenters. The number of hydrogen-bond donors (Lipinski definition) is 6. The molecule has 0 rings (SSSR count).